The predicted octanol–water partition coefficient (Wildman–Crippen LogP) is 3.42. The van der Waals surface area contributed by atoms with Crippen molar-refractivity contribution in [3.8, 4) is 0 Å². The van der Waals surface area contributed by atoms with E-state index in [1.54, 1.807) is 0 Å². The van der Waals surface area contributed by atoms with Gasteiger partial charge < -0.3 is 4.98 Å². The molecule has 0 radical (unpaired) electrons. The Kier molecular flexibility index (Phi) is 3.17. The molecule has 0 spiro atoms. The van der Waals surface area contributed by atoms with Crippen LogP contribution in [0.25, 0.3) is 11.0 Å². The summed E-state index contributed by atoms with van der Waals surface area (Å²) in [6.07, 6.45) is 1.34. The van der Waals surface area contributed by atoms with Gasteiger partial charge in [-0.1, -0.05) is 13.8 Å². The number of nitrogens with one attached hydrogen (secondary N) is 1. The van der Waals surface area contributed by atoms with E-state index < -0.39 is 11.6 Å². The normalized spacial score (nSPS) is 9.79. The molecule has 0 atom stereocenters. The Morgan fingerprint density at radius 2 is 2.00 bits per heavy atom. The number of imidazole rings is 1. The smallest absolute Gasteiger partial charge is 0.156 e. The van der Waals surface area contributed by atoms with Crippen LogP contribution in [-0.2, 0) is 0 Å². The molecule has 14 heavy (non-hydrogen) atoms. The molecule has 1 aromatic heterocycles. The highest BCUT2D eigenvalue weighted by Crippen LogP contribution is 2.19. The first-order chi connectivity index (χ1) is 6.70. The maximum atomic E-state index is 13.2. The van der Waals surface area contributed by atoms with Crippen LogP contribution in [0.5, 0.6) is 0 Å². The number of nitrogens with zero attached hydrogens (tertiary/aromatic N) is 1. The summed E-state index contributed by atoms with van der Waals surface area (Å²) in [5.74, 6) is -1.14. The number of hydrogen-bond donors (Lipinski definition) is 1. The number of aromatic amines is 1. The summed E-state index contributed by atoms with van der Waals surface area (Å²) in [5.41, 5.74) is 0.583. The second-order valence-corrected chi connectivity index (χ2v) is 2.60. The Morgan fingerprint density at radius 1 is 1.36 bits per heavy atom. The maximum Gasteiger partial charge on any atom is 0.156 e. The van der Waals surface area contributed by atoms with Crippen molar-refractivity contribution in [2.75, 3.05) is 0 Å². The van der Waals surface area contributed by atoms with E-state index in [9.17, 15) is 8.78 Å². The highest BCUT2D eigenvalue weighted by atomic mass is 19.1. The van der Waals surface area contributed by atoms with Crippen molar-refractivity contribution in [3.05, 3.63) is 29.6 Å². The van der Waals surface area contributed by atoms with Crippen molar-refractivity contribution in [3.63, 3.8) is 0 Å². The molecule has 0 amide bonds. The van der Waals surface area contributed by atoms with Crippen LogP contribution in [0.15, 0.2) is 12.4 Å². The van der Waals surface area contributed by atoms with Gasteiger partial charge in [0.25, 0.3) is 0 Å². The first-order valence-electron chi connectivity index (χ1n) is 4.48. The van der Waals surface area contributed by atoms with Crippen molar-refractivity contribution in [1.29, 1.82) is 0 Å². The third kappa shape index (κ3) is 1.60. The van der Waals surface area contributed by atoms with Gasteiger partial charge in [-0.05, 0) is 6.92 Å². The summed E-state index contributed by atoms with van der Waals surface area (Å²) in [6, 6.07) is 1.24. The zero-order valence-electron chi connectivity index (χ0n) is 8.36. The summed E-state index contributed by atoms with van der Waals surface area (Å²) in [7, 11) is 0. The lowest BCUT2D eigenvalue weighted by atomic mass is 10.2. The zero-order valence-corrected chi connectivity index (χ0v) is 8.36. The molecule has 0 aliphatic carbocycles. The van der Waals surface area contributed by atoms with Crippen LogP contribution in [-0.4, -0.2) is 9.97 Å². The lowest BCUT2D eigenvalue weighted by Crippen LogP contribution is -1.89. The highest BCUT2D eigenvalue weighted by molar-refractivity contribution is 5.76. The Morgan fingerprint density at radius 3 is 2.64 bits per heavy atom. The summed E-state index contributed by atoms with van der Waals surface area (Å²) in [5, 5.41) is 0. The summed E-state index contributed by atoms with van der Waals surface area (Å²) < 4.78 is 26.1. The summed E-state index contributed by atoms with van der Waals surface area (Å²) >= 11 is 0. The molecular formula is C10H14F2N2. The van der Waals surface area contributed by atoms with Gasteiger partial charge in [0.2, 0.25) is 0 Å². The van der Waals surface area contributed by atoms with E-state index in [0.29, 0.717) is 5.52 Å². The van der Waals surface area contributed by atoms with Gasteiger partial charge in [0, 0.05) is 13.1 Å². The fraction of sp³-hybridized carbons (Fsp3) is 0.300. The Bertz CT molecular complexity index is 440. The number of rotatable bonds is 0. The molecule has 2 aromatic rings. The van der Waals surface area contributed by atoms with Crippen LogP contribution >= 0.6 is 0 Å². The molecule has 2 nitrogen and oxygen atoms in total. The minimum Gasteiger partial charge on any atom is -0.344 e. The van der Waals surface area contributed by atoms with Crippen LogP contribution in [0.3, 0.4) is 0 Å². The van der Waals surface area contributed by atoms with E-state index in [0.717, 1.165) is 0 Å². The van der Waals surface area contributed by atoms with Gasteiger partial charge in [-0.3, -0.25) is 0 Å². The topological polar surface area (TPSA) is 28.7 Å². The van der Waals surface area contributed by atoms with E-state index in [1.165, 1.54) is 19.3 Å². The third-order valence-electron chi connectivity index (χ3n) is 1.84. The molecule has 0 saturated heterocycles. The van der Waals surface area contributed by atoms with Gasteiger partial charge in [-0.15, -0.1) is 0 Å². The molecule has 1 N–H and O–H groups in total. The zero-order chi connectivity index (χ0) is 10.7. The van der Waals surface area contributed by atoms with Gasteiger partial charge in [0.1, 0.15) is 11.3 Å². The lowest BCUT2D eigenvalue weighted by Gasteiger charge is -1.97. The third-order valence-corrected chi connectivity index (χ3v) is 1.84. The lowest BCUT2D eigenvalue weighted by molar-refractivity contribution is 0.575. The Hall–Kier alpha value is -1.45. The van der Waals surface area contributed by atoms with Gasteiger partial charge in [0.15, 0.2) is 5.82 Å². The van der Waals surface area contributed by atoms with Crippen LogP contribution < -0.4 is 0 Å². The average Bonchev–Trinajstić information content (AvgIpc) is 2.65. The molecule has 2 rings (SSSR count). The standard InChI is InChI=1S/C8H6F2N2.C2H6.H2/c1-4-5(9)2-6-8(7(4)10)12-3-11-6;1-2;/h2-3H,1H3,(H,11,12);1-2H3;1H. The number of fused-ring (bicyclic) bond motifs is 1. The van der Waals surface area contributed by atoms with Gasteiger partial charge in [-0.25, -0.2) is 13.8 Å². The fourth-order valence-corrected chi connectivity index (χ4v) is 1.11. The molecule has 0 aliphatic heterocycles. The van der Waals surface area contributed by atoms with Crippen LogP contribution in [0.4, 0.5) is 8.78 Å². The van der Waals surface area contributed by atoms with E-state index in [-0.39, 0.29) is 12.5 Å². The number of benzene rings is 1. The highest BCUT2D eigenvalue weighted by Gasteiger charge is 2.10. The van der Waals surface area contributed by atoms with Crippen molar-refractivity contribution >= 4 is 11.0 Å². The number of halogens is 2. The second-order valence-electron chi connectivity index (χ2n) is 2.60. The van der Waals surface area contributed by atoms with Crippen LogP contribution in [0.2, 0.25) is 0 Å². The van der Waals surface area contributed by atoms with Crippen molar-refractivity contribution < 1.29 is 10.2 Å². The molecule has 0 unspecified atom stereocenters. The van der Waals surface area contributed by atoms with E-state index in [1.807, 2.05) is 13.8 Å². The maximum absolute atomic E-state index is 13.2. The number of hydrogen-bond acceptors (Lipinski definition) is 1. The molecule has 0 fully saturated rings. The molecule has 0 aliphatic rings. The van der Waals surface area contributed by atoms with Gasteiger partial charge >= 0.3 is 0 Å². The second kappa shape index (κ2) is 4.17. The van der Waals surface area contributed by atoms with E-state index >= 15 is 0 Å². The quantitative estimate of drug-likeness (QED) is 0.693. The number of H-pyrrole nitrogens is 1. The van der Waals surface area contributed by atoms with Gasteiger partial charge in [0.05, 0.1) is 11.8 Å². The monoisotopic (exact) mass is 200 g/mol. The van der Waals surface area contributed by atoms with Gasteiger partial charge in [-0.2, -0.15) is 0 Å². The Labute approximate surface area is 82.5 Å². The first kappa shape index (κ1) is 10.6. The minimum absolute atomic E-state index is 0. The molecule has 4 heteroatoms. The van der Waals surface area contributed by atoms with Crippen molar-refractivity contribution in [2.45, 2.75) is 20.8 Å². The van der Waals surface area contributed by atoms with Crippen molar-refractivity contribution in [2.24, 2.45) is 0 Å². The first-order valence-corrected chi connectivity index (χ1v) is 4.48. The van der Waals surface area contributed by atoms with Crippen LogP contribution in [0.1, 0.15) is 20.8 Å². The Balaban J connectivity index is 0.000000617. The SMILES string of the molecule is CC.Cc1c(F)cc2[nH]cnc2c1F.[HH]. The van der Waals surface area contributed by atoms with E-state index in [2.05, 4.69) is 9.97 Å². The molecule has 0 saturated carbocycles. The summed E-state index contributed by atoms with van der Waals surface area (Å²) in [4.78, 5) is 6.36. The average molecular weight is 200 g/mol. The van der Waals surface area contributed by atoms with Crippen LogP contribution in [0, 0.1) is 18.6 Å². The number of aromatic nitrogens is 2. The predicted molar refractivity (Wildman–Crippen MR) is 54.2 cm³/mol. The largest absolute Gasteiger partial charge is 0.344 e. The fourth-order valence-electron chi connectivity index (χ4n) is 1.11. The molecule has 1 aromatic carbocycles. The summed E-state index contributed by atoms with van der Waals surface area (Å²) in [6.45, 7) is 5.39. The molecule has 78 valence electrons. The minimum atomic E-state index is -0.591. The molecule has 1 heterocycles. The molecular weight excluding hydrogens is 186 g/mol. The van der Waals surface area contributed by atoms with E-state index in [4.69, 9.17) is 0 Å². The molecule has 0 bridgehead atoms. The van der Waals surface area contributed by atoms with Crippen molar-refractivity contribution in [1.82, 2.24) is 9.97 Å².